The Bertz CT molecular complexity index is 758. The lowest BCUT2D eigenvalue weighted by Gasteiger charge is -2.19. The molecule has 2 aliphatic rings. The summed E-state index contributed by atoms with van der Waals surface area (Å²) in [5.74, 6) is -0.0125. The predicted molar refractivity (Wildman–Crippen MR) is 138 cm³/mol. The average molecular weight is 672 g/mol. The second-order valence-electron chi connectivity index (χ2n) is 8.07. The molecule has 0 atom stereocenters. The van der Waals surface area contributed by atoms with Gasteiger partial charge in [-0.2, -0.15) is 0 Å². The molecule has 166 valence electrons. The molecule has 0 fully saturated rings. The molecule has 2 heterocycles. The van der Waals surface area contributed by atoms with Crippen LogP contribution in [0.3, 0.4) is 0 Å². The lowest BCUT2D eigenvalue weighted by molar-refractivity contribution is -0.118. The number of benzene rings is 1. The molecule has 30 heavy (non-hydrogen) atoms. The first kappa shape index (κ1) is 24.7. The second-order valence-corrected chi connectivity index (χ2v) is 15.0. The van der Waals surface area contributed by atoms with E-state index >= 15 is 0 Å². The van der Waals surface area contributed by atoms with Crippen molar-refractivity contribution < 1.29 is 9.59 Å². The lowest BCUT2D eigenvalue weighted by Crippen LogP contribution is -2.34. The summed E-state index contributed by atoms with van der Waals surface area (Å²) in [4.78, 5) is 30.0. The molecule has 1 aromatic rings. The minimum atomic E-state index is -0.948. The molecule has 1 aromatic carbocycles. The zero-order chi connectivity index (χ0) is 22.1. The van der Waals surface area contributed by atoms with Crippen molar-refractivity contribution in [3.05, 3.63) is 23.3 Å². The van der Waals surface area contributed by atoms with E-state index in [2.05, 4.69) is 77.6 Å². The van der Waals surface area contributed by atoms with Gasteiger partial charge in [-0.05, 0) is 25.0 Å². The topological polar surface area (TPSA) is 40.6 Å². The van der Waals surface area contributed by atoms with Gasteiger partial charge in [0.1, 0.15) is 0 Å². The summed E-state index contributed by atoms with van der Waals surface area (Å²) in [7, 11) is 0. The van der Waals surface area contributed by atoms with Crippen LogP contribution in [0.5, 0.6) is 0 Å². The Balaban J connectivity index is 1.95. The SMILES string of the molecule is CCCCCCN1C(=O)C(Br)(Br)c2cc3c(cc21)C(Br)(Br)C(=O)N3CCCCCC. The molecule has 0 radical (unpaired) electrons. The van der Waals surface area contributed by atoms with Gasteiger partial charge in [-0.25, -0.2) is 0 Å². The van der Waals surface area contributed by atoms with E-state index in [1.54, 1.807) is 0 Å². The van der Waals surface area contributed by atoms with Crippen LogP contribution in [0, 0.1) is 0 Å². The number of halogens is 4. The van der Waals surface area contributed by atoms with Gasteiger partial charge in [0.25, 0.3) is 11.8 Å². The summed E-state index contributed by atoms with van der Waals surface area (Å²) >= 11 is 14.5. The Morgan fingerprint density at radius 1 is 0.667 bits per heavy atom. The van der Waals surface area contributed by atoms with Crippen molar-refractivity contribution >= 4 is 86.9 Å². The minimum Gasteiger partial charge on any atom is -0.310 e. The predicted octanol–water partition coefficient (Wildman–Crippen LogP) is 7.43. The molecular formula is C22H28Br4N2O2. The third kappa shape index (κ3) is 4.44. The number of carbonyl (C=O) groups excluding carboxylic acids is 2. The van der Waals surface area contributed by atoms with Crippen LogP contribution in [0.4, 0.5) is 11.4 Å². The van der Waals surface area contributed by atoms with E-state index in [1.807, 2.05) is 21.9 Å². The smallest absolute Gasteiger partial charge is 0.259 e. The highest BCUT2D eigenvalue weighted by Gasteiger charge is 2.53. The summed E-state index contributed by atoms with van der Waals surface area (Å²) in [5.41, 5.74) is 3.47. The highest BCUT2D eigenvalue weighted by molar-refractivity contribution is 9.25. The highest BCUT2D eigenvalue weighted by atomic mass is 79.9. The number of amides is 2. The Morgan fingerprint density at radius 3 is 1.37 bits per heavy atom. The molecule has 0 unspecified atom stereocenters. The van der Waals surface area contributed by atoms with E-state index in [0.717, 1.165) is 61.0 Å². The monoisotopic (exact) mass is 668 g/mol. The Morgan fingerprint density at radius 2 is 1.03 bits per heavy atom. The molecule has 0 saturated carbocycles. The molecule has 0 aliphatic carbocycles. The van der Waals surface area contributed by atoms with E-state index < -0.39 is 6.47 Å². The van der Waals surface area contributed by atoms with Crippen LogP contribution in [0.25, 0.3) is 0 Å². The molecule has 0 saturated heterocycles. The number of unbranched alkanes of at least 4 members (excludes halogenated alkanes) is 6. The van der Waals surface area contributed by atoms with Crippen molar-refractivity contribution in [1.82, 2.24) is 0 Å². The molecule has 3 rings (SSSR count). The third-order valence-corrected chi connectivity index (χ3v) is 8.94. The first-order chi connectivity index (χ1) is 14.2. The summed E-state index contributed by atoms with van der Waals surface area (Å²) in [6.45, 7) is 5.71. The van der Waals surface area contributed by atoms with Crippen LogP contribution in [0.1, 0.15) is 76.3 Å². The molecular weight excluding hydrogens is 644 g/mol. The fourth-order valence-corrected chi connectivity index (χ4v) is 6.28. The zero-order valence-corrected chi connectivity index (χ0v) is 23.8. The quantitative estimate of drug-likeness (QED) is 0.192. The van der Waals surface area contributed by atoms with Gasteiger partial charge in [0.2, 0.25) is 0 Å². The standard InChI is InChI=1S/C22H28Br4N2O2/c1-3-5-7-9-11-27-17-13-16-18(14-15(17)21(23,24)19(27)29)28(12-10-8-6-4-2)20(30)22(16,25)26/h13-14H,3-12H2,1-2H3. The number of rotatable bonds is 10. The fraction of sp³-hybridized carbons (Fsp3) is 0.636. The molecule has 4 nitrogen and oxygen atoms in total. The molecule has 0 aromatic heterocycles. The van der Waals surface area contributed by atoms with Crippen molar-refractivity contribution in [3.8, 4) is 0 Å². The van der Waals surface area contributed by atoms with Gasteiger partial charge in [-0.3, -0.25) is 9.59 Å². The van der Waals surface area contributed by atoms with Crippen molar-refractivity contribution in [2.45, 2.75) is 71.7 Å². The number of anilines is 2. The maximum absolute atomic E-state index is 13.2. The van der Waals surface area contributed by atoms with E-state index in [9.17, 15) is 9.59 Å². The van der Waals surface area contributed by atoms with E-state index in [4.69, 9.17) is 0 Å². The molecule has 8 heteroatoms. The van der Waals surface area contributed by atoms with Crippen LogP contribution < -0.4 is 9.80 Å². The summed E-state index contributed by atoms with van der Waals surface area (Å²) in [6.07, 6.45) is 8.77. The van der Waals surface area contributed by atoms with Crippen LogP contribution in [0.15, 0.2) is 12.1 Å². The number of hydrogen-bond acceptors (Lipinski definition) is 2. The Hall–Kier alpha value is 0.0800. The normalized spacial score (nSPS) is 18.9. The Kier molecular flexibility index (Phi) is 8.17. The molecule has 0 spiro atoms. The van der Waals surface area contributed by atoms with Gasteiger partial charge in [-0.1, -0.05) is 116 Å². The summed E-state index contributed by atoms with van der Waals surface area (Å²) in [5, 5.41) is 0. The van der Waals surface area contributed by atoms with Crippen LogP contribution in [-0.4, -0.2) is 24.9 Å². The van der Waals surface area contributed by atoms with Crippen molar-refractivity contribution in [3.63, 3.8) is 0 Å². The minimum absolute atomic E-state index is 0.00626. The molecule has 2 amide bonds. The lowest BCUT2D eigenvalue weighted by atomic mass is 10.1. The average Bonchev–Trinajstić information content (AvgIpc) is 3.01. The number of fused-ring (bicyclic) bond motifs is 2. The van der Waals surface area contributed by atoms with Crippen molar-refractivity contribution in [2.75, 3.05) is 22.9 Å². The van der Waals surface area contributed by atoms with E-state index in [0.29, 0.717) is 13.1 Å². The van der Waals surface area contributed by atoms with Crippen LogP contribution in [0.2, 0.25) is 0 Å². The van der Waals surface area contributed by atoms with Crippen molar-refractivity contribution in [2.24, 2.45) is 0 Å². The summed E-state index contributed by atoms with van der Waals surface area (Å²) < 4.78 is -1.90. The number of hydrogen-bond donors (Lipinski definition) is 0. The number of nitrogens with zero attached hydrogens (tertiary/aromatic N) is 2. The van der Waals surface area contributed by atoms with E-state index in [-0.39, 0.29) is 11.8 Å². The fourth-order valence-electron chi connectivity index (χ4n) is 4.15. The number of alkyl halides is 4. The van der Waals surface area contributed by atoms with Gasteiger partial charge in [0.15, 0.2) is 6.47 Å². The number of carbonyl (C=O) groups is 2. The largest absolute Gasteiger partial charge is 0.310 e. The molecule has 2 aliphatic heterocycles. The van der Waals surface area contributed by atoms with E-state index in [1.165, 1.54) is 12.8 Å². The Labute approximate surface area is 213 Å². The van der Waals surface area contributed by atoms with Crippen molar-refractivity contribution in [1.29, 1.82) is 0 Å². The zero-order valence-electron chi connectivity index (χ0n) is 17.4. The maximum Gasteiger partial charge on any atom is 0.259 e. The summed E-state index contributed by atoms with van der Waals surface area (Å²) in [6, 6.07) is 4.00. The van der Waals surface area contributed by atoms with Gasteiger partial charge in [0.05, 0.1) is 11.4 Å². The first-order valence-corrected chi connectivity index (χ1v) is 13.9. The first-order valence-electron chi connectivity index (χ1n) is 10.8. The van der Waals surface area contributed by atoms with Gasteiger partial charge in [0, 0.05) is 24.2 Å². The van der Waals surface area contributed by atoms with Crippen LogP contribution >= 0.6 is 63.7 Å². The molecule has 0 N–H and O–H groups in total. The second kappa shape index (κ2) is 9.92. The van der Waals surface area contributed by atoms with Crippen LogP contribution in [-0.2, 0) is 16.1 Å². The van der Waals surface area contributed by atoms with Gasteiger partial charge in [-0.15, -0.1) is 0 Å². The maximum atomic E-state index is 13.2. The van der Waals surface area contributed by atoms with Gasteiger partial charge < -0.3 is 9.80 Å². The molecule has 0 bridgehead atoms. The highest BCUT2D eigenvalue weighted by Crippen LogP contribution is 2.57. The van der Waals surface area contributed by atoms with Gasteiger partial charge >= 0.3 is 0 Å². The third-order valence-electron chi connectivity index (χ3n) is 5.87.